The van der Waals surface area contributed by atoms with E-state index in [9.17, 15) is 0 Å². The number of benzene rings is 2. The minimum absolute atomic E-state index is 0.612. The Morgan fingerprint density at radius 3 is 2.75 bits per heavy atom. The molecular formula is C19H17ClN4. The summed E-state index contributed by atoms with van der Waals surface area (Å²) in [5, 5.41) is 4.05. The predicted molar refractivity (Wildman–Crippen MR) is 98.0 cm³/mol. The van der Waals surface area contributed by atoms with Gasteiger partial charge in [-0.3, -0.25) is 0 Å². The summed E-state index contributed by atoms with van der Waals surface area (Å²) in [5.74, 6) is 1.55. The second-order valence-electron chi connectivity index (χ2n) is 5.81. The zero-order valence-corrected chi connectivity index (χ0v) is 13.9. The minimum atomic E-state index is 0.612. The molecule has 4 rings (SSSR count). The molecule has 2 heterocycles. The molecule has 1 N–H and O–H groups in total. The van der Waals surface area contributed by atoms with Crippen LogP contribution >= 0.6 is 11.6 Å². The summed E-state index contributed by atoms with van der Waals surface area (Å²) >= 11 is 6.09. The van der Waals surface area contributed by atoms with Crippen LogP contribution in [0.2, 0.25) is 5.02 Å². The topological polar surface area (TPSA) is 41.1 Å². The Kier molecular flexibility index (Phi) is 4.05. The predicted octanol–water partition coefficient (Wildman–Crippen LogP) is 4.44. The van der Waals surface area contributed by atoms with E-state index in [1.807, 2.05) is 42.5 Å². The molecule has 0 saturated heterocycles. The molecule has 1 aliphatic rings. The van der Waals surface area contributed by atoms with E-state index in [0.717, 1.165) is 36.0 Å². The molecule has 0 radical (unpaired) electrons. The third kappa shape index (κ3) is 3.19. The Morgan fingerprint density at radius 2 is 1.88 bits per heavy atom. The summed E-state index contributed by atoms with van der Waals surface area (Å²) < 4.78 is 0. The maximum absolute atomic E-state index is 6.09. The third-order valence-corrected chi connectivity index (χ3v) is 4.41. The lowest BCUT2D eigenvalue weighted by Gasteiger charge is -2.30. The molecule has 0 fully saturated rings. The fourth-order valence-corrected chi connectivity index (χ4v) is 3.15. The summed E-state index contributed by atoms with van der Waals surface area (Å²) in [5.41, 5.74) is 3.62. The first-order chi connectivity index (χ1) is 11.8. The highest BCUT2D eigenvalue weighted by atomic mass is 35.5. The number of rotatable bonds is 3. The first-order valence-corrected chi connectivity index (χ1v) is 8.33. The molecule has 1 aliphatic heterocycles. The van der Waals surface area contributed by atoms with E-state index >= 15 is 0 Å². The average Bonchev–Trinajstić information content (AvgIpc) is 2.62. The van der Waals surface area contributed by atoms with Crippen LogP contribution in [0.4, 0.5) is 17.5 Å². The first kappa shape index (κ1) is 15.0. The van der Waals surface area contributed by atoms with Crippen molar-refractivity contribution in [2.75, 3.05) is 16.8 Å². The van der Waals surface area contributed by atoms with Gasteiger partial charge in [0.2, 0.25) is 5.95 Å². The average molecular weight is 337 g/mol. The van der Waals surface area contributed by atoms with Crippen molar-refractivity contribution in [2.45, 2.75) is 13.0 Å². The number of nitrogens with zero attached hydrogens (tertiary/aromatic N) is 3. The first-order valence-electron chi connectivity index (χ1n) is 7.95. The minimum Gasteiger partial charge on any atom is -0.352 e. The lowest BCUT2D eigenvalue weighted by atomic mass is 10.00. The van der Waals surface area contributed by atoms with Crippen LogP contribution in [0.15, 0.2) is 60.8 Å². The van der Waals surface area contributed by atoms with E-state index < -0.39 is 0 Å². The van der Waals surface area contributed by atoms with Crippen molar-refractivity contribution in [1.82, 2.24) is 9.97 Å². The maximum Gasteiger partial charge on any atom is 0.229 e. The normalized spacial score (nSPS) is 13.5. The van der Waals surface area contributed by atoms with E-state index in [4.69, 9.17) is 11.6 Å². The zero-order valence-electron chi connectivity index (χ0n) is 13.1. The van der Waals surface area contributed by atoms with Gasteiger partial charge in [0, 0.05) is 30.0 Å². The summed E-state index contributed by atoms with van der Waals surface area (Å²) in [6.45, 7) is 1.77. The Labute approximate surface area is 146 Å². The summed E-state index contributed by atoms with van der Waals surface area (Å²) in [7, 11) is 0. The molecule has 0 spiro atoms. The molecule has 0 aliphatic carbocycles. The van der Waals surface area contributed by atoms with Gasteiger partial charge < -0.3 is 10.2 Å². The third-order valence-electron chi connectivity index (χ3n) is 4.18. The van der Waals surface area contributed by atoms with Crippen molar-refractivity contribution >= 4 is 29.1 Å². The summed E-state index contributed by atoms with van der Waals surface area (Å²) in [6, 6.07) is 18.0. The monoisotopic (exact) mass is 336 g/mol. The van der Waals surface area contributed by atoms with Crippen LogP contribution in [0, 0.1) is 0 Å². The largest absolute Gasteiger partial charge is 0.352 e. The zero-order chi connectivity index (χ0) is 16.4. The molecule has 120 valence electrons. The van der Waals surface area contributed by atoms with Crippen molar-refractivity contribution in [3.63, 3.8) is 0 Å². The van der Waals surface area contributed by atoms with Crippen molar-refractivity contribution in [2.24, 2.45) is 0 Å². The summed E-state index contributed by atoms with van der Waals surface area (Å²) in [6.07, 6.45) is 2.77. The molecule has 0 saturated carbocycles. The van der Waals surface area contributed by atoms with Gasteiger partial charge in [-0.15, -0.1) is 0 Å². The van der Waals surface area contributed by atoms with Gasteiger partial charge in [-0.1, -0.05) is 35.9 Å². The van der Waals surface area contributed by atoms with E-state index in [0.29, 0.717) is 5.95 Å². The highest BCUT2D eigenvalue weighted by Gasteiger charge is 2.18. The van der Waals surface area contributed by atoms with E-state index in [1.165, 1.54) is 11.1 Å². The number of anilines is 3. The standard InChI is InChI=1S/C19H17ClN4/c20-16-7-6-15-13-24(11-9-14(15)12-16)18-8-10-21-19(23-18)22-17-4-2-1-3-5-17/h1-8,10,12H,9,11,13H2,(H,21,22,23). The van der Waals surface area contributed by atoms with Gasteiger partial charge in [0.05, 0.1) is 0 Å². The van der Waals surface area contributed by atoms with Gasteiger partial charge >= 0.3 is 0 Å². The van der Waals surface area contributed by atoms with E-state index in [1.54, 1.807) is 6.20 Å². The van der Waals surface area contributed by atoms with Crippen LogP contribution < -0.4 is 10.2 Å². The summed E-state index contributed by atoms with van der Waals surface area (Å²) in [4.78, 5) is 11.3. The number of hydrogen-bond acceptors (Lipinski definition) is 4. The quantitative estimate of drug-likeness (QED) is 0.768. The van der Waals surface area contributed by atoms with Crippen molar-refractivity contribution in [3.05, 3.63) is 76.9 Å². The number of nitrogens with one attached hydrogen (secondary N) is 1. The number of halogens is 1. The fraction of sp³-hybridized carbons (Fsp3) is 0.158. The van der Waals surface area contributed by atoms with Gasteiger partial charge in [-0.2, -0.15) is 4.98 Å². The number of fused-ring (bicyclic) bond motifs is 1. The number of hydrogen-bond donors (Lipinski definition) is 1. The lowest BCUT2D eigenvalue weighted by molar-refractivity contribution is 0.720. The Hall–Kier alpha value is -2.59. The molecule has 1 aromatic heterocycles. The molecule has 4 nitrogen and oxygen atoms in total. The molecule has 0 unspecified atom stereocenters. The SMILES string of the molecule is Clc1ccc2c(c1)CCN(c1ccnc(Nc3ccccc3)n1)C2. The van der Waals surface area contributed by atoms with Crippen LogP contribution in [0.1, 0.15) is 11.1 Å². The molecular weight excluding hydrogens is 320 g/mol. The molecule has 0 bridgehead atoms. The molecule has 5 heteroatoms. The molecule has 0 atom stereocenters. The lowest BCUT2D eigenvalue weighted by Crippen LogP contribution is -2.31. The second kappa shape index (κ2) is 6.49. The number of aromatic nitrogens is 2. The van der Waals surface area contributed by atoms with Gasteiger partial charge in [0.1, 0.15) is 5.82 Å². The van der Waals surface area contributed by atoms with Crippen LogP contribution in [-0.2, 0) is 13.0 Å². The molecule has 2 aromatic carbocycles. The van der Waals surface area contributed by atoms with Gasteiger partial charge in [-0.05, 0) is 47.9 Å². The van der Waals surface area contributed by atoms with E-state index in [-0.39, 0.29) is 0 Å². The van der Waals surface area contributed by atoms with Crippen molar-refractivity contribution in [3.8, 4) is 0 Å². The number of para-hydroxylation sites is 1. The Morgan fingerprint density at radius 1 is 1.00 bits per heavy atom. The van der Waals surface area contributed by atoms with Crippen LogP contribution in [0.5, 0.6) is 0 Å². The van der Waals surface area contributed by atoms with E-state index in [2.05, 4.69) is 32.3 Å². The highest BCUT2D eigenvalue weighted by molar-refractivity contribution is 6.30. The van der Waals surface area contributed by atoms with Gasteiger partial charge in [0.25, 0.3) is 0 Å². The molecule has 0 amide bonds. The van der Waals surface area contributed by atoms with Crippen LogP contribution in [0.25, 0.3) is 0 Å². The van der Waals surface area contributed by atoms with Crippen molar-refractivity contribution in [1.29, 1.82) is 0 Å². The van der Waals surface area contributed by atoms with Gasteiger partial charge in [0.15, 0.2) is 0 Å². The smallest absolute Gasteiger partial charge is 0.229 e. The van der Waals surface area contributed by atoms with Crippen LogP contribution in [0.3, 0.4) is 0 Å². The molecule has 24 heavy (non-hydrogen) atoms. The second-order valence-corrected chi connectivity index (χ2v) is 6.25. The Balaban J connectivity index is 1.55. The molecule has 3 aromatic rings. The highest BCUT2D eigenvalue weighted by Crippen LogP contribution is 2.26. The van der Waals surface area contributed by atoms with Gasteiger partial charge in [-0.25, -0.2) is 4.98 Å². The van der Waals surface area contributed by atoms with Crippen molar-refractivity contribution < 1.29 is 0 Å². The fourth-order valence-electron chi connectivity index (χ4n) is 2.95. The Bertz CT molecular complexity index is 851. The maximum atomic E-state index is 6.09. The van der Waals surface area contributed by atoms with Crippen LogP contribution in [-0.4, -0.2) is 16.5 Å².